The highest BCUT2D eigenvalue weighted by molar-refractivity contribution is 5.61. The standard InChI is InChI=1S/C12H19N3/c1-2-15-8-7-14-12(15)10-5-3-4-6-11(13)9-10/h7-9,11H,2-6,13H2,1H3. The summed E-state index contributed by atoms with van der Waals surface area (Å²) in [6.07, 6.45) is 10.8. The smallest absolute Gasteiger partial charge is 0.135 e. The molecular weight excluding hydrogens is 186 g/mol. The summed E-state index contributed by atoms with van der Waals surface area (Å²) in [6.45, 7) is 3.12. The molecule has 1 heterocycles. The molecule has 2 rings (SSSR count). The zero-order valence-corrected chi connectivity index (χ0v) is 9.32. The van der Waals surface area contributed by atoms with Gasteiger partial charge in [-0.1, -0.05) is 12.5 Å². The molecule has 0 saturated heterocycles. The van der Waals surface area contributed by atoms with Gasteiger partial charge in [-0.25, -0.2) is 4.98 Å². The molecule has 0 bridgehead atoms. The molecular formula is C12H19N3. The van der Waals surface area contributed by atoms with Gasteiger partial charge in [-0.15, -0.1) is 0 Å². The Morgan fingerprint density at radius 1 is 1.53 bits per heavy atom. The van der Waals surface area contributed by atoms with Gasteiger partial charge in [0.2, 0.25) is 0 Å². The molecule has 1 aliphatic carbocycles. The Kier molecular flexibility index (Phi) is 3.21. The molecule has 1 aliphatic rings. The lowest BCUT2D eigenvalue weighted by atomic mass is 10.1. The van der Waals surface area contributed by atoms with Crippen LogP contribution in [-0.2, 0) is 6.54 Å². The van der Waals surface area contributed by atoms with Gasteiger partial charge in [-0.2, -0.15) is 0 Å². The average Bonchev–Trinajstić information content (AvgIpc) is 2.61. The maximum Gasteiger partial charge on any atom is 0.135 e. The van der Waals surface area contributed by atoms with Crippen LogP contribution in [0.4, 0.5) is 0 Å². The van der Waals surface area contributed by atoms with Crippen LogP contribution in [0.3, 0.4) is 0 Å². The van der Waals surface area contributed by atoms with E-state index in [1.54, 1.807) is 0 Å². The second kappa shape index (κ2) is 4.62. The Morgan fingerprint density at radius 2 is 2.40 bits per heavy atom. The number of aryl methyl sites for hydroxylation is 1. The monoisotopic (exact) mass is 205 g/mol. The van der Waals surface area contributed by atoms with E-state index in [-0.39, 0.29) is 6.04 Å². The van der Waals surface area contributed by atoms with Crippen LogP contribution in [0.5, 0.6) is 0 Å². The number of aromatic nitrogens is 2. The highest BCUT2D eigenvalue weighted by Gasteiger charge is 2.13. The van der Waals surface area contributed by atoms with Crippen molar-refractivity contribution in [2.75, 3.05) is 0 Å². The molecule has 1 aromatic rings. The second-order valence-electron chi connectivity index (χ2n) is 4.14. The molecule has 3 heteroatoms. The van der Waals surface area contributed by atoms with Gasteiger partial charge in [0.1, 0.15) is 5.82 Å². The van der Waals surface area contributed by atoms with Crippen molar-refractivity contribution in [3.8, 4) is 0 Å². The Labute approximate surface area is 91.0 Å². The van der Waals surface area contributed by atoms with Crippen molar-refractivity contribution in [3.63, 3.8) is 0 Å². The van der Waals surface area contributed by atoms with Crippen molar-refractivity contribution in [1.29, 1.82) is 0 Å². The molecule has 2 N–H and O–H groups in total. The maximum absolute atomic E-state index is 6.01. The Balaban J connectivity index is 2.28. The van der Waals surface area contributed by atoms with Crippen LogP contribution >= 0.6 is 0 Å². The number of nitrogens with zero attached hydrogens (tertiary/aromatic N) is 2. The summed E-state index contributed by atoms with van der Waals surface area (Å²) in [7, 11) is 0. The molecule has 1 atom stereocenters. The molecule has 1 unspecified atom stereocenters. The first kappa shape index (κ1) is 10.4. The Hall–Kier alpha value is -1.09. The van der Waals surface area contributed by atoms with Crippen LogP contribution in [-0.4, -0.2) is 15.6 Å². The third-order valence-electron chi connectivity index (χ3n) is 2.99. The van der Waals surface area contributed by atoms with E-state index in [1.165, 1.54) is 18.4 Å². The molecule has 1 aromatic heterocycles. The summed E-state index contributed by atoms with van der Waals surface area (Å²) in [6, 6.07) is 0.213. The van der Waals surface area contributed by atoms with E-state index in [2.05, 4.69) is 22.6 Å². The van der Waals surface area contributed by atoms with Crippen LogP contribution < -0.4 is 5.73 Å². The molecule has 0 radical (unpaired) electrons. The minimum atomic E-state index is 0.213. The molecule has 0 aliphatic heterocycles. The minimum Gasteiger partial charge on any atom is -0.332 e. The van der Waals surface area contributed by atoms with Crippen molar-refractivity contribution in [2.45, 2.75) is 45.2 Å². The first-order valence-electron chi connectivity index (χ1n) is 5.79. The minimum absolute atomic E-state index is 0.213. The van der Waals surface area contributed by atoms with Crippen molar-refractivity contribution < 1.29 is 0 Å². The summed E-state index contributed by atoms with van der Waals surface area (Å²) >= 11 is 0. The highest BCUT2D eigenvalue weighted by Crippen LogP contribution is 2.24. The number of allylic oxidation sites excluding steroid dienone is 1. The molecule has 15 heavy (non-hydrogen) atoms. The summed E-state index contributed by atoms with van der Waals surface area (Å²) in [4.78, 5) is 4.43. The third kappa shape index (κ3) is 2.29. The fraction of sp³-hybridized carbons (Fsp3) is 0.583. The number of hydrogen-bond donors (Lipinski definition) is 1. The summed E-state index contributed by atoms with van der Waals surface area (Å²) < 4.78 is 2.18. The van der Waals surface area contributed by atoms with Crippen LogP contribution in [0, 0.1) is 0 Å². The van der Waals surface area contributed by atoms with E-state index < -0.39 is 0 Å². The van der Waals surface area contributed by atoms with Crippen molar-refractivity contribution in [3.05, 3.63) is 24.3 Å². The normalized spacial score (nSPS) is 22.3. The molecule has 0 saturated carbocycles. The number of imidazole rings is 1. The van der Waals surface area contributed by atoms with Gasteiger partial charge in [0.15, 0.2) is 0 Å². The van der Waals surface area contributed by atoms with Crippen LogP contribution in [0.1, 0.15) is 38.4 Å². The summed E-state index contributed by atoms with van der Waals surface area (Å²) in [5.74, 6) is 1.11. The molecule has 0 fully saturated rings. The predicted molar refractivity (Wildman–Crippen MR) is 62.3 cm³/mol. The number of rotatable bonds is 2. The maximum atomic E-state index is 6.01. The van der Waals surface area contributed by atoms with E-state index in [1.807, 2.05) is 12.4 Å². The van der Waals surface area contributed by atoms with Gasteiger partial charge >= 0.3 is 0 Å². The molecule has 82 valence electrons. The van der Waals surface area contributed by atoms with Crippen LogP contribution in [0.25, 0.3) is 5.57 Å². The molecule has 0 amide bonds. The largest absolute Gasteiger partial charge is 0.332 e. The Morgan fingerprint density at radius 3 is 3.20 bits per heavy atom. The SMILES string of the molecule is CCn1ccnc1C1=CC(N)CCCC1. The number of hydrogen-bond acceptors (Lipinski definition) is 2. The quantitative estimate of drug-likeness (QED) is 0.804. The average molecular weight is 205 g/mol. The van der Waals surface area contributed by atoms with Gasteiger partial charge in [-0.3, -0.25) is 0 Å². The topological polar surface area (TPSA) is 43.8 Å². The lowest BCUT2D eigenvalue weighted by molar-refractivity contribution is 0.657. The van der Waals surface area contributed by atoms with E-state index in [9.17, 15) is 0 Å². The van der Waals surface area contributed by atoms with Gasteiger partial charge in [0, 0.05) is 25.0 Å². The van der Waals surface area contributed by atoms with E-state index in [0.717, 1.165) is 25.2 Å². The van der Waals surface area contributed by atoms with Gasteiger partial charge in [0.25, 0.3) is 0 Å². The second-order valence-corrected chi connectivity index (χ2v) is 4.14. The molecule has 0 spiro atoms. The fourth-order valence-corrected chi connectivity index (χ4v) is 2.16. The molecule has 0 aromatic carbocycles. The summed E-state index contributed by atoms with van der Waals surface area (Å²) in [5, 5.41) is 0. The van der Waals surface area contributed by atoms with Crippen molar-refractivity contribution in [1.82, 2.24) is 9.55 Å². The first-order valence-corrected chi connectivity index (χ1v) is 5.79. The number of nitrogens with two attached hydrogens (primary N) is 1. The van der Waals surface area contributed by atoms with Crippen molar-refractivity contribution in [2.24, 2.45) is 5.73 Å². The predicted octanol–water partition coefficient (Wildman–Crippen LogP) is 2.19. The zero-order valence-electron chi connectivity index (χ0n) is 9.32. The van der Waals surface area contributed by atoms with Gasteiger partial charge < -0.3 is 10.3 Å². The molecule has 3 nitrogen and oxygen atoms in total. The highest BCUT2D eigenvalue weighted by atomic mass is 15.1. The first-order chi connectivity index (χ1) is 7.31. The fourth-order valence-electron chi connectivity index (χ4n) is 2.16. The third-order valence-corrected chi connectivity index (χ3v) is 2.99. The Bertz CT molecular complexity index is 352. The summed E-state index contributed by atoms with van der Waals surface area (Å²) in [5.41, 5.74) is 7.34. The van der Waals surface area contributed by atoms with Gasteiger partial charge in [-0.05, 0) is 31.8 Å². The zero-order chi connectivity index (χ0) is 10.7. The van der Waals surface area contributed by atoms with Crippen molar-refractivity contribution >= 4 is 5.57 Å². The lowest BCUT2D eigenvalue weighted by Gasteiger charge is -2.08. The van der Waals surface area contributed by atoms with E-state index in [4.69, 9.17) is 5.73 Å². The van der Waals surface area contributed by atoms with Crippen LogP contribution in [0.2, 0.25) is 0 Å². The van der Waals surface area contributed by atoms with Crippen LogP contribution in [0.15, 0.2) is 18.5 Å². The van der Waals surface area contributed by atoms with Gasteiger partial charge in [0.05, 0.1) is 0 Å². The van der Waals surface area contributed by atoms with E-state index >= 15 is 0 Å². The lowest BCUT2D eigenvalue weighted by Crippen LogP contribution is -2.16. The van der Waals surface area contributed by atoms with E-state index in [0.29, 0.717) is 0 Å².